The number of carbonyl (C=O) groups excluding carboxylic acids is 2. The lowest BCUT2D eigenvalue weighted by Gasteiger charge is -2.41. The van der Waals surface area contributed by atoms with E-state index in [1.165, 1.54) is 6.42 Å². The quantitative estimate of drug-likeness (QED) is 0.445. The molecule has 6 rings (SSSR count). The van der Waals surface area contributed by atoms with Crippen LogP contribution in [0.25, 0.3) is 0 Å². The van der Waals surface area contributed by atoms with Gasteiger partial charge in [-0.25, -0.2) is 4.79 Å². The van der Waals surface area contributed by atoms with Crippen molar-refractivity contribution in [3.63, 3.8) is 0 Å². The van der Waals surface area contributed by atoms with Gasteiger partial charge in [-0.2, -0.15) is 0 Å². The molecule has 196 valence electrons. The highest BCUT2D eigenvalue weighted by Crippen LogP contribution is 2.52. The third-order valence-corrected chi connectivity index (χ3v) is 8.44. The number of ether oxygens (including phenoxy) is 3. The predicted octanol–water partition coefficient (Wildman–Crippen LogP) is 5.99. The molecule has 1 saturated heterocycles. The molecule has 2 heterocycles. The van der Waals surface area contributed by atoms with Gasteiger partial charge in [-0.05, 0) is 74.3 Å². The normalized spacial score (nSPS) is 24.6. The molecule has 0 radical (unpaired) electrons. The van der Waals surface area contributed by atoms with Crippen LogP contribution in [0.1, 0.15) is 75.0 Å². The lowest BCUT2D eigenvalue weighted by atomic mass is 9.87. The second kappa shape index (κ2) is 10.4. The maximum Gasteiger partial charge on any atom is 0.411 e. The van der Waals surface area contributed by atoms with E-state index in [4.69, 9.17) is 14.2 Å². The van der Waals surface area contributed by atoms with Crippen molar-refractivity contribution in [2.24, 2.45) is 5.92 Å². The highest BCUT2D eigenvalue weighted by atomic mass is 16.6. The van der Waals surface area contributed by atoms with Gasteiger partial charge in [0.25, 0.3) is 0 Å². The molecule has 1 amide bonds. The Balaban J connectivity index is 1.22. The average Bonchev–Trinajstić information content (AvgIpc) is 3.68. The zero-order valence-electron chi connectivity index (χ0n) is 21.4. The van der Waals surface area contributed by atoms with E-state index in [9.17, 15) is 9.59 Å². The minimum Gasteiger partial charge on any atom is -0.490 e. The van der Waals surface area contributed by atoms with Crippen LogP contribution in [0.4, 0.5) is 16.2 Å². The van der Waals surface area contributed by atoms with Crippen LogP contribution in [-0.2, 0) is 14.3 Å². The Morgan fingerprint density at radius 1 is 1.05 bits per heavy atom. The lowest BCUT2D eigenvalue weighted by molar-refractivity contribution is -0.109. The molecule has 2 aliphatic heterocycles. The van der Waals surface area contributed by atoms with E-state index in [-0.39, 0.29) is 24.2 Å². The van der Waals surface area contributed by atoms with Crippen LogP contribution in [0.3, 0.4) is 0 Å². The van der Waals surface area contributed by atoms with Crippen molar-refractivity contribution in [1.82, 2.24) is 0 Å². The molecule has 4 aliphatic rings. The van der Waals surface area contributed by atoms with Crippen LogP contribution in [-0.4, -0.2) is 43.8 Å². The summed E-state index contributed by atoms with van der Waals surface area (Å²) in [6, 6.07) is 14.4. The van der Waals surface area contributed by atoms with Gasteiger partial charge in [-0.3, -0.25) is 5.32 Å². The van der Waals surface area contributed by atoms with E-state index in [2.05, 4.69) is 22.3 Å². The monoisotopic (exact) mass is 504 g/mol. The molecule has 2 aromatic carbocycles. The number of benzene rings is 2. The van der Waals surface area contributed by atoms with Gasteiger partial charge in [-0.15, -0.1) is 0 Å². The molecule has 37 heavy (non-hydrogen) atoms. The maximum absolute atomic E-state index is 12.5. The van der Waals surface area contributed by atoms with Gasteiger partial charge in [0.15, 0.2) is 0 Å². The van der Waals surface area contributed by atoms with Crippen LogP contribution < -0.4 is 15.0 Å². The van der Waals surface area contributed by atoms with Crippen molar-refractivity contribution in [2.45, 2.75) is 82.1 Å². The molecule has 7 nitrogen and oxygen atoms in total. The Bertz CT molecular complexity index is 1120. The molecule has 0 spiro atoms. The molecule has 0 aromatic heterocycles. The standard InChI is InChI=1S/C30H36N2O5/c1-19(20-5-6-20)36-30(34)31-22-9-7-21(8-10-22)29-27(18-33)26-12-11-25(37-24-13-15-35-16-14-24)17-28(26)32(29)23-3-2-4-23/h7-12,17-20,23-24,27,29H,2-6,13-16H2,1H3,(H,31,34). The Morgan fingerprint density at radius 3 is 2.46 bits per heavy atom. The van der Waals surface area contributed by atoms with Crippen LogP contribution >= 0.6 is 0 Å². The van der Waals surface area contributed by atoms with Gasteiger partial charge in [0.05, 0.1) is 25.2 Å². The third kappa shape index (κ3) is 5.06. The molecule has 3 atom stereocenters. The van der Waals surface area contributed by atoms with E-state index in [1.54, 1.807) is 0 Å². The minimum absolute atomic E-state index is 0.0547. The first kappa shape index (κ1) is 24.3. The predicted molar refractivity (Wildman–Crippen MR) is 141 cm³/mol. The van der Waals surface area contributed by atoms with Crippen LogP contribution in [0, 0.1) is 5.92 Å². The number of nitrogens with one attached hydrogen (secondary N) is 1. The van der Waals surface area contributed by atoms with E-state index in [0.717, 1.165) is 80.6 Å². The molecule has 2 aromatic rings. The molecular weight excluding hydrogens is 468 g/mol. The van der Waals surface area contributed by atoms with E-state index in [0.29, 0.717) is 17.6 Å². The lowest BCUT2D eigenvalue weighted by Crippen LogP contribution is -2.41. The maximum atomic E-state index is 12.5. The fourth-order valence-corrected chi connectivity index (χ4v) is 5.93. The summed E-state index contributed by atoms with van der Waals surface area (Å²) in [4.78, 5) is 27.2. The summed E-state index contributed by atoms with van der Waals surface area (Å²) >= 11 is 0. The number of carbonyl (C=O) groups is 2. The Morgan fingerprint density at radius 2 is 1.81 bits per heavy atom. The second-order valence-electron chi connectivity index (χ2n) is 10.9. The number of aldehydes is 1. The molecule has 2 saturated carbocycles. The first-order chi connectivity index (χ1) is 18.1. The molecule has 2 aliphatic carbocycles. The van der Waals surface area contributed by atoms with E-state index < -0.39 is 6.09 Å². The van der Waals surface area contributed by atoms with Gasteiger partial charge >= 0.3 is 6.09 Å². The van der Waals surface area contributed by atoms with Crippen molar-refractivity contribution in [3.05, 3.63) is 53.6 Å². The SMILES string of the molecule is CC(OC(=O)Nc1ccc(C2C(C=O)c3ccc(OC4CCOCC4)cc3N2C2CCC2)cc1)C1CC1. The Labute approximate surface area is 218 Å². The number of amides is 1. The number of hydrogen-bond donors (Lipinski definition) is 1. The molecular formula is C30H36N2O5. The van der Waals surface area contributed by atoms with E-state index >= 15 is 0 Å². The summed E-state index contributed by atoms with van der Waals surface area (Å²) < 4.78 is 17.3. The van der Waals surface area contributed by atoms with Crippen molar-refractivity contribution in [3.8, 4) is 5.75 Å². The Hall–Kier alpha value is -3.06. The second-order valence-corrected chi connectivity index (χ2v) is 10.9. The topological polar surface area (TPSA) is 77.1 Å². The number of anilines is 2. The highest BCUT2D eigenvalue weighted by molar-refractivity contribution is 5.85. The number of hydrogen-bond acceptors (Lipinski definition) is 6. The summed E-state index contributed by atoms with van der Waals surface area (Å²) in [6.45, 7) is 3.43. The fraction of sp³-hybridized carbons (Fsp3) is 0.533. The minimum atomic E-state index is -0.417. The fourth-order valence-electron chi connectivity index (χ4n) is 5.93. The summed E-state index contributed by atoms with van der Waals surface area (Å²) in [7, 11) is 0. The van der Waals surface area contributed by atoms with Gasteiger partial charge in [0.1, 0.15) is 24.2 Å². The molecule has 3 fully saturated rings. The number of fused-ring (bicyclic) bond motifs is 1. The molecule has 0 bridgehead atoms. The number of rotatable bonds is 8. The van der Waals surface area contributed by atoms with Crippen molar-refractivity contribution in [1.29, 1.82) is 0 Å². The largest absolute Gasteiger partial charge is 0.490 e. The van der Waals surface area contributed by atoms with Crippen molar-refractivity contribution >= 4 is 23.8 Å². The van der Waals surface area contributed by atoms with Crippen LogP contribution in [0.5, 0.6) is 5.75 Å². The molecule has 3 unspecified atom stereocenters. The number of nitrogens with zero attached hydrogens (tertiary/aromatic N) is 1. The summed E-state index contributed by atoms with van der Waals surface area (Å²) in [6.07, 6.45) is 8.29. The van der Waals surface area contributed by atoms with Gasteiger partial charge in [0, 0.05) is 36.3 Å². The van der Waals surface area contributed by atoms with Crippen molar-refractivity contribution in [2.75, 3.05) is 23.4 Å². The first-order valence-corrected chi connectivity index (χ1v) is 13.8. The van der Waals surface area contributed by atoms with Gasteiger partial charge < -0.3 is 23.9 Å². The molecule has 7 heteroatoms. The summed E-state index contributed by atoms with van der Waals surface area (Å²) in [5.41, 5.74) is 3.93. The third-order valence-electron chi connectivity index (χ3n) is 8.44. The summed E-state index contributed by atoms with van der Waals surface area (Å²) in [5.74, 6) is 1.10. The summed E-state index contributed by atoms with van der Waals surface area (Å²) in [5, 5.41) is 2.85. The first-order valence-electron chi connectivity index (χ1n) is 13.8. The smallest absolute Gasteiger partial charge is 0.411 e. The van der Waals surface area contributed by atoms with Crippen LogP contribution in [0.15, 0.2) is 42.5 Å². The van der Waals surface area contributed by atoms with Gasteiger partial charge in [0.2, 0.25) is 0 Å². The Kier molecular flexibility index (Phi) is 6.80. The zero-order valence-corrected chi connectivity index (χ0v) is 21.4. The molecule has 1 N–H and O–H groups in total. The van der Waals surface area contributed by atoms with Crippen LogP contribution in [0.2, 0.25) is 0 Å². The zero-order chi connectivity index (χ0) is 25.4. The highest BCUT2D eigenvalue weighted by Gasteiger charge is 2.44. The average molecular weight is 505 g/mol. The van der Waals surface area contributed by atoms with Crippen molar-refractivity contribution < 1.29 is 23.8 Å². The van der Waals surface area contributed by atoms with E-state index in [1.807, 2.05) is 37.3 Å². The van der Waals surface area contributed by atoms with Gasteiger partial charge in [-0.1, -0.05) is 18.2 Å².